The van der Waals surface area contributed by atoms with Crippen LogP contribution in [-0.2, 0) is 5.60 Å². The summed E-state index contributed by atoms with van der Waals surface area (Å²) in [4.78, 5) is 4.59. The molecule has 2 aromatic heterocycles. The first-order chi connectivity index (χ1) is 11.4. The number of aromatic nitrogens is 2. The van der Waals surface area contributed by atoms with E-state index in [-0.39, 0.29) is 0 Å². The molecule has 5 heteroatoms. The highest BCUT2D eigenvalue weighted by Crippen LogP contribution is 2.46. The number of aryl methyl sites for hydroxylation is 2. The van der Waals surface area contributed by atoms with Gasteiger partial charge in [0.1, 0.15) is 11.7 Å². The van der Waals surface area contributed by atoms with Crippen LogP contribution in [0.1, 0.15) is 35.5 Å². The zero-order valence-electron chi connectivity index (χ0n) is 13.9. The molecule has 2 N–H and O–H groups in total. The van der Waals surface area contributed by atoms with Gasteiger partial charge in [-0.25, -0.2) is 4.98 Å². The first-order valence-electron chi connectivity index (χ1n) is 8.02. The highest BCUT2D eigenvalue weighted by Gasteiger charge is 2.47. The van der Waals surface area contributed by atoms with Crippen LogP contribution in [0.25, 0.3) is 5.65 Å². The number of hydrogen-bond acceptors (Lipinski definition) is 4. The summed E-state index contributed by atoms with van der Waals surface area (Å²) in [5.74, 6) is 0.526. The third kappa shape index (κ3) is 1.98. The molecule has 5 nitrogen and oxygen atoms in total. The highest BCUT2D eigenvalue weighted by molar-refractivity contribution is 5.62. The summed E-state index contributed by atoms with van der Waals surface area (Å²) >= 11 is 0. The van der Waals surface area contributed by atoms with Crippen LogP contribution in [0.2, 0.25) is 0 Å². The number of ether oxygens (including phenoxy) is 1. The Morgan fingerprint density at radius 2 is 1.88 bits per heavy atom. The van der Waals surface area contributed by atoms with E-state index in [1.807, 2.05) is 54.8 Å². The van der Waals surface area contributed by atoms with Gasteiger partial charge >= 0.3 is 0 Å². The van der Waals surface area contributed by atoms with E-state index in [0.717, 1.165) is 17.0 Å². The van der Waals surface area contributed by atoms with Crippen molar-refractivity contribution in [2.45, 2.75) is 38.6 Å². The average molecular weight is 324 g/mol. The van der Waals surface area contributed by atoms with Crippen molar-refractivity contribution in [2.75, 3.05) is 0 Å². The number of rotatable bonds is 1. The van der Waals surface area contributed by atoms with Gasteiger partial charge in [-0.05, 0) is 32.4 Å². The molecule has 0 fully saturated rings. The molecule has 0 saturated heterocycles. The van der Waals surface area contributed by atoms with Crippen LogP contribution in [0.15, 0.2) is 42.6 Å². The van der Waals surface area contributed by atoms with Gasteiger partial charge in [0.2, 0.25) is 0 Å². The summed E-state index contributed by atoms with van der Waals surface area (Å²) in [6.07, 6.45) is 0.126. The smallest absolute Gasteiger partial charge is 0.180 e. The maximum atomic E-state index is 11.0. The van der Waals surface area contributed by atoms with E-state index >= 15 is 0 Å². The van der Waals surface area contributed by atoms with Gasteiger partial charge in [-0.3, -0.25) is 0 Å². The van der Waals surface area contributed by atoms with E-state index in [4.69, 9.17) is 4.74 Å². The van der Waals surface area contributed by atoms with E-state index in [9.17, 15) is 10.2 Å². The topological polar surface area (TPSA) is 67.0 Å². The van der Waals surface area contributed by atoms with Gasteiger partial charge in [0, 0.05) is 17.5 Å². The molecule has 0 aliphatic carbocycles. The van der Waals surface area contributed by atoms with Crippen LogP contribution < -0.4 is 4.74 Å². The molecule has 1 aliphatic heterocycles. The number of benzene rings is 1. The van der Waals surface area contributed by atoms with Gasteiger partial charge in [-0.15, -0.1) is 0 Å². The lowest BCUT2D eigenvalue weighted by Gasteiger charge is -2.41. The minimum atomic E-state index is -1.43. The molecule has 1 aromatic carbocycles. The molecule has 0 saturated carbocycles. The van der Waals surface area contributed by atoms with Crippen molar-refractivity contribution in [3.8, 4) is 5.75 Å². The van der Waals surface area contributed by atoms with Crippen molar-refractivity contribution < 1.29 is 14.9 Å². The summed E-state index contributed by atoms with van der Waals surface area (Å²) in [5.41, 5.74) is 2.55. The minimum absolute atomic E-state index is 0.526. The molecule has 0 bridgehead atoms. The van der Waals surface area contributed by atoms with Crippen LogP contribution in [0.3, 0.4) is 0 Å². The number of nitrogens with zero attached hydrogens (tertiary/aromatic N) is 2. The second kappa shape index (κ2) is 5.06. The fraction of sp³-hybridized carbons (Fsp3) is 0.316. The van der Waals surface area contributed by atoms with Crippen LogP contribution in [0.4, 0.5) is 0 Å². The van der Waals surface area contributed by atoms with Gasteiger partial charge in [-0.1, -0.05) is 30.3 Å². The normalized spacial score (nSPS) is 26.2. The summed E-state index contributed by atoms with van der Waals surface area (Å²) in [7, 11) is 0. The van der Waals surface area contributed by atoms with Gasteiger partial charge in [-0.2, -0.15) is 0 Å². The Hall–Kier alpha value is -2.37. The Morgan fingerprint density at radius 1 is 1.17 bits per heavy atom. The molecule has 4 rings (SSSR count). The van der Waals surface area contributed by atoms with Crippen molar-refractivity contribution in [1.29, 1.82) is 0 Å². The van der Waals surface area contributed by atoms with Crippen molar-refractivity contribution in [3.05, 3.63) is 65.1 Å². The molecule has 124 valence electrons. The van der Waals surface area contributed by atoms with Crippen LogP contribution >= 0.6 is 0 Å². The maximum absolute atomic E-state index is 11.0. The monoisotopic (exact) mass is 324 g/mol. The summed E-state index contributed by atoms with van der Waals surface area (Å²) < 4.78 is 8.10. The third-order valence-electron chi connectivity index (χ3n) is 5.01. The molecular formula is C19H20N2O3. The van der Waals surface area contributed by atoms with Gasteiger partial charge in [0.15, 0.2) is 17.5 Å². The first-order valence-corrected chi connectivity index (χ1v) is 8.02. The fourth-order valence-corrected chi connectivity index (χ4v) is 3.37. The third-order valence-corrected chi connectivity index (χ3v) is 5.01. The van der Waals surface area contributed by atoms with Gasteiger partial charge < -0.3 is 19.4 Å². The van der Waals surface area contributed by atoms with Crippen LogP contribution in [-0.4, -0.2) is 25.7 Å². The predicted octanol–water partition coefficient (Wildman–Crippen LogP) is 2.65. The SMILES string of the molecule is Cc1nc2c3c(ccn2c1C)[C@](C)(O)[C@@H](O)[C@@H](c1ccccc1)O3. The first kappa shape index (κ1) is 15.2. The summed E-state index contributed by atoms with van der Waals surface area (Å²) in [6, 6.07) is 11.2. The van der Waals surface area contributed by atoms with Gasteiger partial charge in [0.25, 0.3) is 0 Å². The Balaban J connectivity index is 1.95. The lowest BCUT2D eigenvalue weighted by molar-refractivity contribution is -0.131. The molecular weight excluding hydrogens is 304 g/mol. The zero-order chi connectivity index (χ0) is 17.1. The standard InChI is InChI=1S/C19H20N2O3/c1-11-12(2)21-10-9-14-16(18(21)20-11)24-15(17(22)19(14,3)23)13-7-5-4-6-8-13/h4-10,15,17,22-23H,1-3H3/t15-,17+,19+/m1/s1. The Labute approximate surface area is 140 Å². The largest absolute Gasteiger partial charge is 0.479 e. The van der Waals surface area contributed by atoms with Crippen molar-refractivity contribution in [1.82, 2.24) is 9.38 Å². The molecule has 0 unspecified atom stereocenters. The molecule has 3 atom stereocenters. The maximum Gasteiger partial charge on any atom is 0.180 e. The lowest BCUT2D eigenvalue weighted by Crippen LogP contribution is -2.46. The minimum Gasteiger partial charge on any atom is -0.479 e. The Kier molecular flexibility index (Phi) is 3.20. The number of pyridine rings is 1. The molecule has 0 radical (unpaired) electrons. The number of aliphatic hydroxyl groups excluding tert-OH is 1. The Bertz CT molecular complexity index is 915. The average Bonchev–Trinajstić information content (AvgIpc) is 2.87. The lowest BCUT2D eigenvalue weighted by atomic mass is 9.82. The van der Waals surface area contributed by atoms with E-state index in [2.05, 4.69) is 4.98 Å². The van der Waals surface area contributed by atoms with Crippen molar-refractivity contribution >= 4 is 5.65 Å². The molecule has 1 aliphatic rings. The molecule has 0 amide bonds. The second-order valence-electron chi connectivity index (χ2n) is 6.58. The fourth-order valence-electron chi connectivity index (χ4n) is 3.37. The molecule has 0 spiro atoms. The Morgan fingerprint density at radius 3 is 2.58 bits per heavy atom. The van der Waals surface area contributed by atoms with Crippen molar-refractivity contribution in [3.63, 3.8) is 0 Å². The van der Waals surface area contributed by atoms with Gasteiger partial charge in [0.05, 0.1) is 5.69 Å². The second-order valence-corrected chi connectivity index (χ2v) is 6.58. The van der Waals surface area contributed by atoms with E-state index in [1.54, 1.807) is 13.0 Å². The quantitative estimate of drug-likeness (QED) is 0.722. The zero-order valence-corrected chi connectivity index (χ0v) is 13.9. The number of hydrogen-bond donors (Lipinski definition) is 2. The number of imidazole rings is 1. The predicted molar refractivity (Wildman–Crippen MR) is 90.1 cm³/mol. The van der Waals surface area contributed by atoms with E-state index < -0.39 is 17.8 Å². The van der Waals surface area contributed by atoms with Crippen molar-refractivity contribution in [2.24, 2.45) is 0 Å². The summed E-state index contributed by atoms with van der Waals surface area (Å²) in [6.45, 7) is 5.56. The van der Waals surface area contributed by atoms with Crippen LogP contribution in [0.5, 0.6) is 5.75 Å². The van der Waals surface area contributed by atoms with E-state index in [1.165, 1.54) is 0 Å². The van der Waals surface area contributed by atoms with E-state index in [0.29, 0.717) is 17.0 Å². The number of aliphatic hydroxyl groups is 2. The molecule has 3 heterocycles. The molecule has 3 aromatic rings. The number of fused-ring (bicyclic) bond motifs is 3. The van der Waals surface area contributed by atoms with Crippen LogP contribution in [0, 0.1) is 13.8 Å². The molecule has 24 heavy (non-hydrogen) atoms. The summed E-state index contributed by atoms with van der Waals surface area (Å²) in [5, 5.41) is 21.7. The highest BCUT2D eigenvalue weighted by atomic mass is 16.5.